The molecule has 0 aliphatic rings. The fraction of sp³-hybridized carbons (Fsp3) is 0.417. The predicted octanol–water partition coefficient (Wildman–Crippen LogP) is 3.44. The quantitative estimate of drug-likeness (QED) is 0.659. The first-order valence-corrected chi connectivity index (χ1v) is 4.67. The molecule has 0 aliphatic carbocycles. The summed E-state index contributed by atoms with van der Waals surface area (Å²) in [5.41, 5.74) is 0.562. The summed E-state index contributed by atoms with van der Waals surface area (Å²) < 4.78 is 12.6. The molecule has 0 spiro atoms. The number of ketones is 1. The molecular weight excluding hydrogens is 179 g/mol. The highest BCUT2D eigenvalue weighted by atomic mass is 19.1. The third kappa shape index (κ3) is 3.29. The summed E-state index contributed by atoms with van der Waals surface area (Å²) in [5.74, 6) is -0.241. The fourth-order valence-corrected chi connectivity index (χ4v) is 1.22. The smallest absolute Gasteiger partial charge is 0.163 e. The van der Waals surface area contributed by atoms with E-state index in [9.17, 15) is 9.18 Å². The van der Waals surface area contributed by atoms with Crippen LogP contribution in [0.3, 0.4) is 0 Å². The maximum atomic E-state index is 12.6. The summed E-state index contributed by atoms with van der Waals surface area (Å²) in [4.78, 5) is 11.6. The molecule has 1 rings (SSSR count). The molecule has 0 saturated heterocycles. The van der Waals surface area contributed by atoms with Crippen molar-refractivity contribution in [2.24, 2.45) is 5.41 Å². The van der Waals surface area contributed by atoms with Crippen LogP contribution in [-0.4, -0.2) is 5.78 Å². The van der Waals surface area contributed by atoms with Crippen LogP contribution < -0.4 is 0 Å². The van der Waals surface area contributed by atoms with Gasteiger partial charge < -0.3 is 0 Å². The van der Waals surface area contributed by atoms with Crippen LogP contribution in [0.5, 0.6) is 0 Å². The van der Waals surface area contributed by atoms with Gasteiger partial charge in [0.1, 0.15) is 5.82 Å². The Morgan fingerprint density at radius 2 is 1.71 bits per heavy atom. The molecule has 1 nitrogen and oxygen atoms in total. The van der Waals surface area contributed by atoms with Gasteiger partial charge in [0.15, 0.2) is 5.78 Å². The maximum absolute atomic E-state index is 12.6. The van der Waals surface area contributed by atoms with Crippen LogP contribution in [0.4, 0.5) is 4.39 Å². The zero-order valence-electron chi connectivity index (χ0n) is 8.80. The van der Waals surface area contributed by atoms with Crippen molar-refractivity contribution >= 4 is 5.78 Å². The summed E-state index contributed by atoms with van der Waals surface area (Å²) >= 11 is 0. The van der Waals surface area contributed by atoms with E-state index in [0.29, 0.717) is 12.0 Å². The molecule has 0 heterocycles. The van der Waals surface area contributed by atoms with Crippen LogP contribution in [0, 0.1) is 11.2 Å². The highest BCUT2D eigenvalue weighted by Crippen LogP contribution is 2.21. The van der Waals surface area contributed by atoms with Gasteiger partial charge in [0.2, 0.25) is 0 Å². The molecular formula is C12H15FO. The predicted molar refractivity (Wildman–Crippen MR) is 54.8 cm³/mol. The van der Waals surface area contributed by atoms with Crippen LogP contribution in [0.2, 0.25) is 0 Å². The van der Waals surface area contributed by atoms with Crippen molar-refractivity contribution in [3.8, 4) is 0 Å². The molecule has 0 radical (unpaired) electrons. The zero-order valence-corrected chi connectivity index (χ0v) is 8.80. The highest BCUT2D eigenvalue weighted by molar-refractivity contribution is 5.96. The lowest BCUT2D eigenvalue weighted by Crippen LogP contribution is -2.12. The number of carbonyl (C=O) groups excluding carboxylic acids is 1. The van der Waals surface area contributed by atoms with Gasteiger partial charge in [0, 0.05) is 12.0 Å². The molecule has 0 aliphatic heterocycles. The molecule has 2 heteroatoms. The molecule has 14 heavy (non-hydrogen) atoms. The van der Waals surface area contributed by atoms with Gasteiger partial charge >= 0.3 is 0 Å². The van der Waals surface area contributed by atoms with E-state index >= 15 is 0 Å². The molecule has 1 aromatic rings. The number of carbonyl (C=O) groups is 1. The number of Topliss-reactive ketones (excluding diaryl/α,β-unsaturated/α-hetero) is 1. The van der Waals surface area contributed by atoms with Crippen LogP contribution >= 0.6 is 0 Å². The molecule has 0 unspecified atom stereocenters. The summed E-state index contributed by atoms with van der Waals surface area (Å²) in [6, 6.07) is 5.69. The SMILES string of the molecule is CC(C)(C)CC(=O)c1ccc(F)cc1. The zero-order chi connectivity index (χ0) is 10.8. The molecule has 76 valence electrons. The summed E-state index contributed by atoms with van der Waals surface area (Å²) in [6.45, 7) is 6.03. The first kappa shape index (κ1) is 10.9. The second-order valence-corrected chi connectivity index (χ2v) is 4.67. The van der Waals surface area contributed by atoms with Crippen molar-refractivity contribution in [2.45, 2.75) is 27.2 Å². The molecule has 0 fully saturated rings. The van der Waals surface area contributed by atoms with Crippen LogP contribution in [-0.2, 0) is 0 Å². The Hall–Kier alpha value is -1.18. The lowest BCUT2D eigenvalue weighted by Gasteiger charge is -2.16. The molecule has 1 aromatic carbocycles. The Labute approximate surface area is 83.9 Å². The molecule has 0 aromatic heterocycles. The Kier molecular flexibility index (Phi) is 3.04. The molecule has 0 bridgehead atoms. The van der Waals surface area contributed by atoms with Crippen LogP contribution in [0.25, 0.3) is 0 Å². The van der Waals surface area contributed by atoms with Crippen molar-refractivity contribution in [3.63, 3.8) is 0 Å². The van der Waals surface area contributed by atoms with E-state index in [1.54, 1.807) is 0 Å². The standard InChI is InChI=1S/C12H15FO/c1-12(2,3)8-11(14)9-4-6-10(13)7-5-9/h4-7H,8H2,1-3H3. The number of hydrogen-bond donors (Lipinski definition) is 0. The van der Waals surface area contributed by atoms with Crippen LogP contribution in [0.1, 0.15) is 37.6 Å². The topological polar surface area (TPSA) is 17.1 Å². The molecule has 0 atom stereocenters. The average Bonchev–Trinajstić information content (AvgIpc) is 2.02. The van der Waals surface area contributed by atoms with E-state index in [2.05, 4.69) is 0 Å². The van der Waals surface area contributed by atoms with Gasteiger partial charge in [-0.05, 0) is 29.7 Å². The van der Waals surface area contributed by atoms with Crippen molar-refractivity contribution < 1.29 is 9.18 Å². The number of hydrogen-bond acceptors (Lipinski definition) is 1. The van der Waals surface area contributed by atoms with Crippen LogP contribution in [0.15, 0.2) is 24.3 Å². The van der Waals surface area contributed by atoms with Gasteiger partial charge in [-0.1, -0.05) is 20.8 Å². The lowest BCUT2D eigenvalue weighted by molar-refractivity contribution is 0.0940. The number of rotatable bonds is 2. The first-order valence-electron chi connectivity index (χ1n) is 4.67. The second kappa shape index (κ2) is 3.91. The van der Waals surface area contributed by atoms with E-state index in [4.69, 9.17) is 0 Å². The van der Waals surface area contributed by atoms with Crippen molar-refractivity contribution in [1.29, 1.82) is 0 Å². The summed E-state index contributed by atoms with van der Waals surface area (Å²) in [7, 11) is 0. The average molecular weight is 194 g/mol. The fourth-order valence-electron chi connectivity index (χ4n) is 1.22. The minimum Gasteiger partial charge on any atom is -0.294 e. The van der Waals surface area contributed by atoms with E-state index in [1.165, 1.54) is 24.3 Å². The summed E-state index contributed by atoms with van der Waals surface area (Å²) in [6.07, 6.45) is 0.485. The minimum atomic E-state index is -0.308. The molecule has 0 saturated carbocycles. The van der Waals surface area contributed by atoms with Crippen molar-refractivity contribution in [1.82, 2.24) is 0 Å². The van der Waals surface area contributed by atoms with E-state index < -0.39 is 0 Å². The van der Waals surface area contributed by atoms with E-state index in [0.717, 1.165) is 0 Å². The second-order valence-electron chi connectivity index (χ2n) is 4.67. The lowest BCUT2D eigenvalue weighted by atomic mass is 9.88. The first-order chi connectivity index (χ1) is 6.38. The largest absolute Gasteiger partial charge is 0.294 e. The van der Waals surface area contributed by atoms with Gasteiger partial charge in [0.05, 0.1) is 0 Å². The number of halogens is 1. The van der Waals surface area contributed by atoms with E-state index in [1.807, 2.05) is 20.8 Å². The third-order valence-corrected chi connectivity index (χ3v) is 1.86. The van der Waals surface area contributed by atoms with Gasteiger partial charge in [0.25, 0.3) is 0 Å². The third-order valence-electron chi connectivity index (χ3n) is 1.86. The number of benzene rings is 1. The normalized spacial score (nSPS) is 11.4. The Morgan fingerprint density at radius 1 is 1.21 bits per heavy atom. The maximum Gasteiger partial charge on any atom is 0.163 e. The van der Waals surface area contributed by atoms with Crippen molar-refractivity contribution in [3.05, 3.63) is 35.6 Å². The minimum absolute atomic E-state index is 0.0224. The van der Waals surface area contributed by atoms with E-state index in [-0.39, 0.29) is 17.0 Å². The van der Waals surface area contributed by atoms with Gasteiger partial charge in [-0.3, -0.25) is 4.79 Å². The highest BCUT2D eigenvalue weighted by Gasteiger charge is 2.16. The molecule has 0 amide bonds. The van der Waals surface area contributed by atoms with Crippen molar-refractivity contribution in [2.75, 3.05) is 0 Å². The monoisotopic (exact) mass is 194 g/mol. The van der Waals surface area contributed by atoms with Gasteiger partial charge in [-0.15, -0.1) is 0 Å². The molecule has 0 N–H and O–H groups in total. The Bertz CT molecular complexity index is 319. The Morgan fingerprint density at radius 3 is 2.14 bits per heavy atom. The van der Waals surface area contributed by atoms with Gasteiger partial charge in [-0.25, -0.2) is 4.39 Å². The summed E-state index contributed by atoms with van der Waals surface area (Å²) in [5, 5.41) is 0. The Balaban J connectivity index is 2.76. The van der Waals surface area contributed by atoms with Gasteiger partial charge in [-0.2, -0.15) is 0 Å².